The Bertz CT molecular complexity index is 502. The molecular weight excluding hydrogens is 304 g/mol. The molecule has 1 atom stereocenters. The molecule has 1 aromatic rings. The molecule has 0 spiro atoms. The van der Waals surface area contributed by atoms with Gasteiger partial charge < -0.3 is 5.32 Å². The highest BCUT2D eigenvalue weighted by atomic mass is 35.5. The van der Waals surface area contributed by atoms with Crippen LogP contribution >= 0.6 is 12.4 Å². The molecule has 1 saturated heterocycles. The zero-order chi connectivity index (χ0) is 14.9. The van der Waals surface area contributed by atoms with Gasteiger partial charge in [-0.15, -0.1) is 12.4 Å². The molecule has 1 heterocycles. The maximum Gasteiger partial charge on any atom is 0.0110 e. The van der Waals surface area contributed by atoms with Gasteiger partial charge in [-0.25, -0.2) is 0 Å². The second kappa shape index (κ2) is 7.55. The third kappa shape index (κ3) is 3.92. The molecule has 3 heteroatoms. The lowest BCUT2D eigenvalue weighted by atomic mass is 9.73. The van der Waals surface area contributed by atoms with Crippen LogP contribution < -0.4 is 5.32 Å². The zero-order valence-corrected chi connectivity index (χ0v) is 15.2. The van der Waals surface area contributed by atoms with Crippen molar-refractivity contribution >= 4 is 12.4 Å². The van der Waals surface area contributed by atoms with Crippen LogP contribution in [0.25, 0.3) is 0 Å². The van der Waals surface area contributed by atoms with E-state index in [4.69, 9.17) is 0 Å². The Morgan fingerprint density at radius 1 is 1.09 bits per heavy atom. The van der Waals surface area contributed by atoms with Crippen molar-refractivity contribution in [1.29, 1.82) is 0 Å². The summed E-state index contributed by atoms with van der Waals surface area (Å²) >= 11 is 0. The van der Waals surface area contributed by atoms with Gasteiger partial charge in [0.15, 0.2) is 0 Å². The number of nitrogens with zero attached hydrogens (tertiary/aromatic N) is 1. The molecule has 2 nitrogen and oxygen atoms in total. The molecule has 1 aromatic carbocycles. The summed E-state index contributed by atoms with van der Waals surface area (Å²) in [7, 11) is 0. The van der Waals surface area contributed by atoms with Gasteiger partial charge in [0.2, 0.25) is 0 Å². The van der Waals surface area contributed by atoms with Crippen molar-refractivity contribution < 1.29 is 0 Å². The molecule has 2 aliphatic carbocycles. The fourth-order valence-corrected chi connectivity index (χ4v) is 4.54. The fourth-order valence-electron chi connectivity index (χ4n) is 4.54. The smallest absolute Gasteiger partial charge is 0.0110 e. The van der Waals surface area contributed by atoms with Gasteiger partial charge in [0.05, 0.1) is 0 Å². The van der Waals surface area contributed by atoms with Crippen molar-refractivity contribution in [2.75, 3.05) is 19.6 Å². The molecule has 1 unspecified atom stereocenters. The molecule has 0 bridgehead atoms. The van der Waals surface area contributed by atoms with E-state index in [1.54, 1.807) is 5.56 Å². The summed E-state index contributed by atoms with van der Waals surface area (Å²) in [6.07, 6.45) is 8.49. The van der Waals surface area contributed by atoms with Gasteiger partial charge in [-0.1, -0.05) is 24.3 Å². The van der Waals surface area contributed by atoms with Gasteiger partial charge in [-0.2, -0.15) is 0 Å². The van der Waals surface area contributed by atoms with E-state index in [-0.39, 0.29) is 12.4 Å². The summed E-state index contributed by atoms with van der Waals surface area (Å²) in [4.78, 5) is 2.90. The van der Waals surface area contributed by atoms with Gasteiger partial charge in [0.25, 0.3) is 0 Å². The minimum Gasteiger partial charge on any atom is -0.316 e. The van der Waals surface area contributed by atoms with Crippen LogP contribution in [0.5, 0.6) is 0 Å². The van der Waals surface area contributed by atoms with Crippen LogP contribution in [0.4, 0.5) is 0 Å². The van der Waals surface area contributed by atoms with Crippen LogP contribution in [-0.4, -0.2) is 36.6 Å². The number of hydrogen-bond donors (Lipinski definition) is 1. The van der Waals surface area contributed by atoms with E-state index in [9.17, 15) is 0 Å². The van der Waals surface area contributed by atoms with E-state index in [1.807, 2.05) is 0 Å². The normalized spacial score (nSPS) is 30.6. The highest BCUT2D eigenvalue weighted by molar-refractivity contribution is 5.85. The molecule has 4 rings (SSSR count). The largest absolute Gasteiger partial charge is 0.316 e. The van der Waals surface area contributed by atoms with Crippen molar-refractivity contribution in [3.05, 3.63) is 35.4 Å². The third-order valence-electron chi connectivity index (χ3n) is 6.09. The lowest BCUT2D eigenvalue weighted by Gasteiger charge is -2.45. The molecule has 1 aliphatic heterocycles. The zero-order valence-electron chi connectivity index (χ0n) is 14.3. The topological polar surface area (TPSA) is 15.3 Å². The predicted octanol–water partition coefficient (Wildman–Crippen LogP) is 4.13. The molecule has 0 amide bonds. The summed E-state index contributed by atoms with van der Waals surface area (Å²) in [6.45, 7) is 6.10. The SMILES string of the molecule is Cc1ccccc1C1CC(N(CC2CCCNC2)C2CC2)C1.Cl. The van der Waals surface area contributed by atoms with E-state index in [2.05, 4.69) is 41.4 Å². The Morgan fingerprint density at radius 2 is 1.87 bits per heavy atom. The minimum absolute atomic E-state index is 0. The number of aryl methyl sites for hydroxylation is 1. The highest BCUT2D eigenvalue weighted by Gasteiger charge is 2.41. The van der Waals surface area contributed by atoms with Crippen molar-refractivity contribution in [3.63, 3.8) is 0 Å². The fraction of sp³-hybridized carbons (Fsp3) is 0.700. The summed E-state index contributed by atoms with van der Waals surface area (Å²) in [5.74, 6) is 1.71. The van der Waals surface area contributed by atoms with Crippen LogP contribution in [0, 0.1) is 12.8 Å². The van der Waals surface area contributed by atoms with Crippen molar-refractivity contribution in [3.8, 4) is 0 Å². The van der Waals surface area contributed by atoms with E-state index >= 15 is 0 Å². The maximum atomic E-state index is 3.59. The summed E-state index contributed by atoms with van der Waals surface area (Å²) in [5, 5.41) is 3.59. The van der Waals surface area contributed by atoms with Gasteiger partial charge in [0, 0.05) is 18.6 Å². The first kappa shape index (κ1) is 17.3. The minimum atomic E-state index is 0. The first-order chi connectivity index (χ1) is 10.8. The average molecular weight is 335 g/mol. The van der Waals surface area contributed by atoms with Crippen molar-refractivity contribution in [2.45, 2.75) is 63.5 Å². The Kier molecular flexibility index (Phi) is 5.66. The lowest BCUT2D eigenvalue weighted by Crippen LogP contribution is -2.49. The molecular formula is C20H31ClN2. The number of piperidine rings is 1. The summed E-state index contributed by atoms with van der Waals surface area (Å²) < 4.78 is 0. The molecule has 23 heavy (non-hydrogen) atoms. The Balaban J connectivity index is 0.00000156. The van der Waals surface area contributed by atoms with Crippen LogP contribution in [0.15, 0.2) is 24.3 Å². The predicted molar refractivity (Wildman–Crippen MR) is 99.5 cm³/mol. The second-order valence-corrected chi connectivity index (χ2v) is 7.82. The van der Waals surface area contributed by atoms with E-state index in [0.29, 0.717) is 0 Å². The molecule has 128 valence electrons. The number of rotatable bonds is 5. The van der Waals surface area contributed by atoms with E-state index < -0.39 is 0 Å². The van der Waals surface area contributed by atoms with E-state index in [0.717, 1.165) is 23.9 Å². The quantitative estimate of drug-likeness (QED) is 0.871. The molecule has 2 saturated carbocycles. The number of benzene rings is 1. The molecule has 1 N–H and O–H groups in total. The molecule has 3 fully saturated rings. The standard InChI is InChI=1S/C20H30N2.ClH/c1-15-5-2-3-7-20(15)17-11-19(12-17)22(18-8-9-18)14-16-6-4-10-21-13-16;/h2-3,5,7,16-19,21H,4,6,8-14H2,1H3;1H. The van der Waals surface area contributed by atoms with Crippen LogP contribution in [-0.2, 0) is 0 Å². The van der Waals surface area contributed by atoms with Crippen LogP contribution in [0.2, 0.25) is 0 Å². The second-order valence-electron chi connectivity index (χ2n) is 7.82. The highest BCUT2D eigenvalue weighted by Crippen LogP contribution is 2.44. The lowest BCUT2D eigenvalue weighted by molar-refractivity contribution is 0.0778. The first-order valence-corrected chi connectivity index (χ1v) is 9.33. The number of nitrogens with one attached hydrogen (secondary N) is 1. The van der Waals surface area contributed by atoms with E-state index in [1.165, 1.54) is 63.7 Å². The summed E-state index contributed by atoms with van der Waals surface area (Å²) in [5.41, 5.74) is 3.09. The Labute approximate surface area is 147 Å². The maximum absolute atomic E-state index is 3.59. The van der Waals surface area contributed by atoms with Gasteiger partial charge in [0.1, 0.15) is 0 Å². The third-order valence-corrected chi connectivity index (χ3v) is 6.09. The first-order valence-electron chi connectivity index (χ1n) is 9.33. The van der Waals surface area contributed by atoms with Crippen LogP contribution in [0.1, 0.15) is 55.6 Å². The van der Waals surface area contributed by atoms with Crippen LogP contribution in [0.3, 0.4) is 0 Å². The molecule has 3 aliphatic rings. The Morgan fingerprint density at radius 3 is 2.52 bits per heavy atom. The summed E-state index contributed by atoms with van der Waals surface area (Å²) in [6, 6.07) is 10.8. The Hall–Kier alpha value is -0.570. The van der Waals surface area contributed by atoms with Crippen molar-refractivity contribution in [2.24, 2.45) is 5.92 Å². The monoisotopic (exact) mass is 334 g/mol. The average Bonchev–Trinajstić information content (AvgIpc) is 3.32. The molecule has 0 aromatic heterocycles. The van der Waals surface area contributed by atoms with Gasteiger partial charge >= 0.3 is 0 Å². The molecule has 0 radical (unpaired) electrons. The van der Waals surface area contributed by atoms with Gasteiger partial charge in [-0.3, -0.25) is 4.90 Å². The number of hydrogen-bond acceptors (Lipinski definition) is 2. The van der Waals surface area contributed by atoms with Gasteiger partial charge in [-0.05, 0) is 81.5 Å². The number of halogens is 1. The van der Waals surface area contributed by atoms with Crippen molar-refractivity contribution in [1.82, 2.24) is 10.2 Å².